The minimum atomic E-state index is 0.574. The van der Waals surface area contributed by atoms with Crippen molar-refractivity contribution in [2.75, 3.05) is 7.11 Å². The van der Waals surface area contributed by atoms with E-state index in [1.54, 1.807) is 7.11 Å². The Balaban J connectivity index is 1.79. The Morgan fingerprint density at radius 3 is 2.58 bits per heavy atom. The number of methoxy groups -OCH3 is 1. The molecule has 3 aromatic rings. The number of nitrogens with zero attached hydrogens (tertiary/aromatic N) is 2. The van der Waals surface area contributed by atoms with Crippen LogP contribution in [0.2, 0.25) is 0 Å². The molecule has 0 aliphatic rings. The van der Waals surface area contributed by atoms with Crippen molar-refractivity contribution in [3.05, 3.63) is 42.2 Å². The maximum Gasteiger partial charge on any atom is 0.123 e. The molecule has 2 aromatic heterocycles. The number of unbranched alkanes of at least 4 members (excludes halogenated alkanes) is 5. The molecular weight excluding hydrogens is 296 g/mol. The minimum absolute atomic E-state index is 0.574. The number of fused-ring (bicyclic) bond motifs is 3. The van der Waals surface area contributed by atoms with Gasteiger partial charge in [0.2, 0.25) is 0 Å². The maximum atomic E-state index is 5.42. The van der Waals surface area contributed by atoms with E-state index in [0.717, 1.165) is 6.42 Å². The van der Waals surface area contributed by atoms with Gasteiger partial charge in [0, 0.05) is 29.8 Å². The summed E-state index contributed by atoms with van der Waals surface area (Å²) in [4.78, 5) is 4.71. The quantitative estimate of drug-likeness (QED) is 0.472. The maximum absolute atomic E-state index is 5.42. The zero-order valence-corrected chi connectivity index (χ0v) is 14.9. The molecule has 24 heavy (non-hydrogen) atoms. The molecule has 0 amide bonds. The normalized spacial score (nSPS) is 11.6. The van der Waals surface area contributed by atoms with Crippen molar-refractivity contribution < 1.29 is 4.74 Å². The van der Waals surface area contributed by atoms with Gasteiger partial charge in [0.1, 0.15) is 6.73 Å². The van der Waals surface area contributed by atoms with Crippen molar-refractivity contribution in [2.45, 2.75) is 58.6 Å². The van der Waals surface area contributed by atoms with Crippen molar-refractivity contribution in [3.8, 4) is 0 Å². The fourth-order valence-electron chi connectivity index (χ4n) is 3.48. The van der Waals surface area contributed by atoms with E-state index in [1.807, 2.05) is 6.20 Å². The number of aryl methyl sites for hydroxylation is 1. The number of aromatic nitrogens is 2. The van der Waals surface area contributed by atoms with Crippen molar-refractivity contribution >= 4 is 21.8 Å². The van der Waals surface area contributed by atoms with Crippen molar-refractivity contribution in [2.24, 2.45) is 0 Å². The highest BCUT2D eigenvalue weighted by atomic mass is 16.5. The number of benzene rings is 1. The van der Waals surface area contributed by atoms with Crippen LogP contribution in [0.4, 0.5) is 0 Å². The van der Waals surface area contributed by atoms with Gasteiger partial charge in [-0.1, -0.05) is 57.2 Å². The molecule has 0 saturated heterocycles. The second kappa shape index (κ2) is 8.29. The molecule has 1 aromatic carbocycles. The van der Waals surface area contributed by atoms with Crippen LogP contribution in [-0.2, 0) is 17.9 Å². The molecule has 0 fully saturated rings. The van der Waals surface area contributed by atoms with Crippen LogP contribution in [0.5, 0.6) is 0 Å². The van der Waals surface area contributed by atoms with Crippen molar-refractivity contribution in [3.63, 3.8) is 0 Å². The van der Waals surface area contributed by atoms with E-state index in [1.165, 1.54) is 66.0 Å². The Morgan fingerprint density at radius 2 is 1.75 bits per heavy atom. The summed E-state index contributed by atoms with van der Waals surface area (Å²) in [5.41, 5.74) is 3.64. The molecule has 0 spiro atoms. The number of pyridine rings is 1. The molecular formula is C21H28N2O. The number of hydrogen-bond acceptors (Lipinski definition) is 2. The van der Waals surface area contributed by atoms with Gasteiger partial charge in [-0.25, -0.2) is 0 Å². The average Bonchev–Trinajstić information content (AvgIpc) is 2.92. The zero-order valence-electron chi connectivity index (χ0n) is 14.9. The standard InChI is InChI=1S/C21H28N2O/c1-3-4-5-6-7-8-11-17-14-21-19(15-22-17)18-12-9-10-13-20(18)23(21)16-24-2/h9-10,12-15H,3-8,11,16H2,1-2H3. The molecule has 0 saturated carbocycles. The fraction of sp³-hybridized carbons (Fsp3) is 0.476. The van der Waals surface area contributed by atoms with Gasteiger partial charge in [-0.2, -0.15) is 0 Å². The molecule has 0 N–H and O–H groups in total. The van der Waals surface area contributed by atoms with E-state index >= 15 is 0 Å². The Hall–Kier alpha value is -1.87. The molecule has 0 aliphatic heterocycles. The van der Waals surface area contributed by atoms with Gasteiger partial charge < -0.3 is 9.30 Å². The van der Waals surface area contributed by atoms with E-state index < -0.39 is 0 Å². The predicted octanol–water partition coefficient (Wildman–Crippen LogP) is 5.70. The minimum Gasteiger partial charge on any atom is -0.364 e. The zero-order chi connectivity index (χ0) is 16.8. The van der Waals surface area contributed by atoms with Gasteiger partial charge in [-0.3, -0.25) is 4.98 Å². The summed E-state index contributed by atoms with van der Waals surface area (Å²) in [7, 11) is 1.75. The molecule has 0 atom stereocenters. The molecule has 0 radical (unpaired) electrons. The van der Waals surface area contributed by atoms with Gasteiger partial charge in [-0.15, -0.1) is 0 Å². The van der Waals surface area contributed by atoms with Crippen LogP contribution in [0.1, 0.15) is 51.1 Å². The first-order chi connectivity index (χ1) is 11.8. The van der Waals surface area contributed by atoms with E-state index in [-0.39, 0.29) is 0 Å². The molecule has 0 unspecified atom stereocenters. The van der Waals surface area contributed by atoms with Crippen LogP contribution in [-0.4, -0.2) is 16.7 Å². The van der Waals surface area contributed by atoms with Gasteiger partial charge in [0.15, 0.2) is 0 Å². The third-order valence-electron chi connectivity index (χ3n) is 4.76. The van der Waals surface area contributed by atoms with Gasteiger partial charge >= 0.3 is 0 Å². The third kappa shape index (κ3) is 3.62. The molecule has 2 heterocycles. The fourth-order valence-corrected chi connectivity index (χ4v) is 3.48. The van der Waals surface area contributed by atoms with Gasteiger partial charge in [0.05, 0.1) is 11.0 Å². The van der Waals surface area contributed by atoms with Gasteiger partial charge in [0.25, 0.3) is 0 Å². The molecule has 3 rings (SSSR count). The monoisotopic (exact) mass is 324 g/mol. The largest absolute Gasteiger partial charge is 0.364 e. The van der Waals surface area contributed by atoms with Crippen LogP contribution >= 0.6 is 0 Å². The van der Waals surface area contributed by atoms with Crippen LogP contribution in [0.15, 0.2) is 36.5 Å². The Morgan fingerprint density at radius 1 is 0.958 bits per heavy atom. The van der Waals surface area contributed by atoms with Crippen LogP contribution in [0, 0.1) is 0 Å². The second-order valence-electron chi connectivity index (χ2n) is 6.57. The number of ether oxygens (including phenoxy) is 1. The lowest BCUT2D eigenvalue weighted by molar-refractivity contribution is 0.138. The summed E-state index contributed by atoms with van der Waals surface area (Å²) in [6.07, 6.45) is 11.0. The van der Waals surface area contributed by atoms with Crippen LogP contribution in [0.25, 0.3) is 21.8 Å². The summed E-state index contributed by atoms with van der Waals surface area (Å²) in [6, 6.07) is 10.7. The summed E-state index contributed by atoms with van der Waals surface area (Å²) >= 11 is 0. The Bertz CT molecular complexity index is 791. The Kier molecular flexibility index (Phi) is 5.86. The molecule has 128 valence electrons. The lowest BCUT2D eigenvalue weighted by atomic mass is 10.1. The first kappa shape index (κ1) is 17.0. The second-order valence-corrected chi connectivity index (χ2v) is 6.57. The lowest BCUT2D eigenvalue weighted by Crippen LogP contribution is -2.00. The van der Waals surface area contributed by atoms with E-state index in [2.05, 4.69) is 41.8 Å². The molecule has 3 heteroatoms. The predicted molar refractivity (Wildman–Crippen MR) is 101 cm³/mol. The molecule has 0 aliphatic carbocycles. The van der Waals surface area contributed by atoms with E-state index in [0.29, 0.717) is 6.73 Å². The first-order valence-corrected chi connectivity index (χ1v) is 9.20. The highest BCUT2D eigenvalue weighted by Gasteiger charge is 2.11. The SMILES string of the molecule is CCCCCCCCc1cc2c(cn1)c1ccccc1n2COC. The number of hydrogen-bond donors (Lipinski definition) is 0. The van der Waals surface area contributed by atoms with Crippen LogP contribution < -0.4 is 0 Å². The molecule has 0 bridgehead atoms. The first-order valence-electron chi connectivity index (χ1n) is 9.20. The van der Waals surface area contributed by atoms with Gasteiger partial charge in [-0.05, 0) is 25.0 Å². The van der Waals surface area contributed by atoms with Crippen LogP contribution in [0.3, 0.4) is 0 Å². The topological polar surface area (TPSA) is 27.1 Å². The van der Waals surface area contributed by atoms with E-state index in [9.17, 15) is 0 Å². The summed E-state index contributed by atoms with van der Waals surface area (Å²) < 4.78 is 7.67. The average molecular weight is 324 g/mol. The summed E-state index contributed by atoms with van der Waals surface area (Å²) in [5.74, 6) is 0. The van der Waals surface area contributed by atoms with Crippen molar-refractivity contribution in [1.29, 1.82) is 0 Å². The number of para-hydroxylation sites is 1. The smallest absolute Gasteiger partial charge is 0.123 e. The summed E-state index contributed by atoms with van der Waals surface area (Å²) in [6.45, 7) is 2.84. The highest BCUT2D eigenvalue weighted by Crippen LogP contribution is 2.29. The third-order valence-corrected chi connectivity index (χ3v) is 4.76. The highest BCUT2D eigenvalue weighted by molar-refractivity contribution is 6.07. The van der Waals surface area contributed by atoms with Crippen molar-refractivity contribution in [1.82, 2.24) is 9.55 Å². The molecule has 3 nitrogen and oxygen atoms in total. The van der Waals surface area contributed by atoms with E-state index in [4.69, 9.17) is 9.72 Å². The lowest BCUT2D eigenvalue weighted by Gasteiger charge is -2.06. The number of rotatable bonds is 9. The summed E-state index contributed by atoms with van der Waals surface area (Å²) in [5, 5.41) is 2.47. The Labute approximate surface area is 144 Å².